The fraction of sp³-hybridized carbons (Fsp3) is 0.778. The Labute approximate surface area is 81.3 Å². The minimum absolute atomic E-state index is 0.151. The molecule has 2 heterocycles. The summed E-state index contributed by atoms with van der Waals surface area (Å²) in [5.41, 5.74) is 0. The van der Waals surface area contributed by atoms with Gasteiger partial charge in [-0.1, -0.05) is 0 Å². The molecule has 0 aromatic heterocycles. The highest BCUT2D eigenvalue weighted by molar-refractivity contribution is 5.96. The Morgan fingerprint density at radius 2 is 2.43 bits per heavy atom. The second-order valence-corrected chi connectivity index (χ2v) is 3.36. The molecule has 2 saturated heterocycles. The highest BCUT2D eigenvalue weighted by Gasteiger charge is 2.52. The fourth-order valence-electron chi connectivity index (χ4n) is 1.89. The number of hydrogen-bond donors (Lipinski definition) is 0. The van der Waals surface area contributed by atoms with E-state index in [2.05, 4.69) is 0 Å². The summed E-state index contributed by atoms with van der Waals surface area (Å²) in [5.74, 6) is -1.93. The van der Waals surface area contributed by atoms with E-state index in [9.17, 15) is 9.59 Å². The molecular formula is C9H12O5. The third-order valence-corrected chi connectivity index (χ3v) is 2.54. The molecule has 5 nitrogen and oxygen atoms in total. The molecule has 2 fully saturated rings. The maximum atomic E-state index is 11.4. The molecule has 0 aromatic rings. The summed E-state index contributed by atoms with van der Waals surface area (Å²) in [7, 11) is 0. The molecule has 0 aliphatic carbocycles. The van der Waals surface area contributed by atoms with Gasteiger partial charge in [-0.25, -0.2) is 0 Å². The van der Waals surface area contributed by atoms with E-state index in [0.29, 0.717) is 13.0 Å². The number of fused-ring (bicyclic) bond motifs is 1. The van der Waals surface area contributed by atoms with Crippen LogP contribution in [0.25, 0.3) is 0 Å². The van der Waals surface area contributed by atoms with Crippen LogP contribution in [0.1, 0.15) is 13.3 Å². The SMILES string of the molecule is CCOC(=O)[C@@H]1C(=O)O[C@@H]2OCC[C@H]21. The minimum atomic E-state index is -0.776. The summed E-state index contributed by atoms with van der Waals surface area (Å²) in [6.45, 7) is 2.53. The van der Waals surface area contributed by atoms with Crippen LogP contribution >= 0.6 is 0 Å². The summed E-state index contributed by atoms with van der Waals surface area (Å²) in [6.07, 6.45) is 0.150. The number of carbonyl (C=O) groups is 2. The third-order valence-electron chi connectivity index (χ3n) is 2.54. The van der Waals surface area contributed by atoms with Crippen LogP contribution in [-0.2, 0) is 23.8 Å². The van der Waals surface area contributed by atoms with E-state index in [-0.39, 0.29) is 12.5 Å². The topological polar surface area (TPSA) is 61.8 Å². The van der Waals surface area contributed by atoms with Gasteiger partial charge in [-0.05, 0) is 13.3 Å². The van der Waals surface area contributed by atoms with Gasteiger partial charge >= 0.3 is 11.9 Å². The highest BCUT2D eigenvalue weighted by atomic mass is 16.7. The zero-order valence-corrected chi connectivity index (χ0v) is 7.89. The van der Waals surface area contributed by atoms with Crippen molar-refractivity contribution in [1.29, 1.82) is 0 Å². The Morgan fingerprint density at radius 1 is 1.64 bits per heavy atom. The van der Waals surface area contributed by atoms with Gasteiger partial charge in [-0.3, -0.25) is 9.59 Å². The molecule has 0 saturated carbocycles. The first-order valence-corrected chi connectivity index (χ1v) is 4.72. The standard InChI is InChI=1S/C9H12O5/c1-2-12-7(10)6-5-3-4-13-9(5)14-8(6)11/h5-6,9H,2-4H2,1H3/t5-,6+,9-/m0/s1. The van der Waals surface area contributed by atoms with E-state index in [1.807, 2.05) is 0 Å². The second kappa shape index (κ2) is 3.57. The van der Waals surface area contributed by atoms with Crippen molar-refractivity contribution in [3.8, 4) is 0 Å². The van der Waals surface area contributed by atoms with Crippen LogP contribution in [-0.4, -0.2) is 31.4 Å². The third kappa shape index (κ3) is 1.37. The van der Waals surface area contributed by atoms with Crippen LogP contribution in [0.2, 0.25) is 0 Å². The fourth-order valence-corrected chi connectivity index (χ4v) is 1.89. The van der Waals surface area contributed by atoms with Crippen molar-refractivity contribution in [1.82, 2.24) is 0 Å². The molecule has 5 heteroatoms. The lowest BCUT2D eigenvalue weighted by atomic mass is 9.93. The Morgan fingerprint density at radius 3 is 3.14 bits per heavy atom. The molecule has 78 valence electrons. The smallest absolute Gasteiger partial charge is 0.323 e. The molecule has 14 heavy (non-hydrogen) atoms. The average molecular weight is 200 g/mol. The molecule has 0 radical (unpaired) electrons. The monoisotopic (exact) mass is 200 g/mol. The van der Waals surface area contributed by atoms with Crippen molar-refractivity contribution in [2.24, 2.45) is 11.8 Å². The first-order chi connectivity index (χ1) is 6.74. The maximum Gasteiger partial charge on any atom is 0.323 e. The molecule has 0 spiro atoms. The van der Waals surface area contributed by atoms with E-state index in [1.165, 1.54) is 0 Å². The van der Waals surface area contributed by atoms with Gasteiger partial charge in [-0.2, -0.15) is 0 Å². The zero-order chi connectivity index (χ0) is 10.1. The number of carbonyl (C=O) groups excluding carboxylic acids is 2. The highest BCUT2D eigenvalue weighted by Crippen LogP contribution is 2.36. The van der Waals surface area contributed by atoms with Gasteiger partial charge in [0, 0.05) is 5.92 Å². The van der Waals surface area contributed by atoms with Crippen molar-refractivity contribution < 1.29 is 23.8 Å². The number of hydrogen-bond acceptors (Lipinski definition) is 5. The normalized spacial score (nSPS) is 35.2. The van der Waals surface area contributed by atoms with Crippen molar-refractivity contribution >= 4 is 11.9 Å². The van der Waals surface area contributed by atoms with Crippen molar-refractivity contribution in [3.05, 3.63) is 0 Å². The Hall–Kier alpha value is -1.10. The summed E-state index contributed by atoms with van der Waals surface area (Å²) in [4.78, 5) is 22.7. The maximum absolute atomic E-state index is 11.4. The Balaban J connectivity index is 2.09. The van der Waals surface area contributed by atoms with Crippen LogP contribution in [0.3, 0.4) is 0 Å². The molecular weight excluding hydrogens is 188 g/mol. The Kier molecular flexibility index (Phi) is 2.41. The van der Waals surface area contributed by atoms with Crippen LogP contribution in [0, 0.1) is 11.8 Å². The Bertz CT molecular complexity index is 262. The van der Waals surface area contributed by atoms with E-state index < -0.39 is 24.1 Å². The molecule has 0 N–H and O–H groups in total. The van der Waals surface area contributed by atoms with E-state index in [4.69, 9.17) is 14.2 Å². The predicted octanol–water partition coefficient (Wildman–Crippen LogP) is 0.0851. The van der Waals surface area contributed by atoms with E-state index in [0.717, 1.165) is 0 Å². The lowest BCUT2D eigenvalue weighted by Crippen LogP contribution is -2.27. The van der Waals surface area contributed by atoms with Crippen molar-refractivity contribution in [3.63, 3.8) is 0 Å². The molecule has 3 atom stereocenters. The molecule has 0 unspecified atom stereocenters. The molecule has 0 aromatic carbocycles. The molecule has 2 aliphatic heterocycles. The van der Waals surface area contributed by atoms with Gasteiger partial charge in [0.2, 0.25) is 6.29 Å². The number of ether oxygens (including phenoxy) is 3. The second-order valence-electron chi connectivity index (χ2n) is 3.36. The molecule has 2 rings (SSSR count). The van der Waals surface area contributed by atoms with E-state index in [1.54, 1.807) is 6.92 Å². The number of esters is 2. The molecule has 2 aliphatic rings. The molecule has 0 bridgehead atoms. The lowest BCUT2D eigenvalue weighted by molar-refractivity contribution is -0.163. The zero-order valence-electron chi connectivity index (χ0n) is 7.89. The average Bonchev–Trinajstić information content (AvgIpc) is 2.63. The lowest BCUT2D eigenvalue weighted by Gasteiger charge is -2.09. The first kappa shape index (κ1) is 9.45. The van der Waals surface area contributed by atoms with Crippen molar-refractivity contribution in [2.75, 3.05) is 13.2 Å². The summed E-state index contributed by atoms with van der Waals surface area (Å²) < 4.78 is 14.9. The predicted molar refractivity (Wildman–Crippen MR) is 44.1 cm³/mol. The quantitative estimate of drug-likeness (QED) is 0.467. The van der Waals surface area contributed by atoms with Crippen LogP contribution in [0.5, 0.6) is 0 Å². The van der Waals surface area contributed by atoms with Crippen LogP contribution in [0.15, 0.2) is 0 Å². The van der Waals surface area contributed by atoms with Crippen LogP contribution in [0.4, 0.5) is 0 Å². The van der Waals surface area contributed by atoms with Crippen LogP contribution < -0.4 is 0 Å². The van der Waals surface area contributed by atoms with Crippen molar-refractivity contribution in [2.45, 2.75) is 19.6 Å². The summed E-state index contributed by atoms with van der Waals surface area (Å²) in [5, 5.41) is 0. The summed E-state index contributed by atoms with van der Waals surface area (Å²) >= 11 is 0. The van der Waals surface area contributed by atoms with Gasteiger partial charge < -0.3 is 14.2 Å². The number of rotatable bonds is 2. The largest absolute Gasteiger partial charge is 0.465 e. The van der Waals surface area contributed by atoms with Gasteiger partial charge in [0.15, 0.2) is 5.92 Å². The van der Waals surface area contributed by atoms with Gasteiger partial charge in [-0.15, -0.1) is 0 Å². The van der Waals surface area contributed by atoms with Gasteiger partial charge in [0.1, 0.15) is 0 Å². The summed E-state index contributed by atoms with van der Waals surface area (Å²) in [6, 6.07) is 0. The first-order valence-electron chi connectivity index (χ1n) is 4.72. The molecule has 0 amide bonds. The van der Waals surface area contributed by atoms with E-state index >= 15 is 0 Å². The van der Waals surface area contributed by atoms with Gasteiger partial charge in [0.05, 0.1) is 13.2 Å². The van der Waals surface area contributed by atoms with Gasteiger partial charge in [0.25, 0.3) is 0 Å². The minimum Gasteiger partial charge on any atom is -0.465 e.